The molecule has 158 valence electrons. The van der Waals surface area contributed by atoms with Crippen LogP contribution in [0.4, 0.5) is 0 Å². The van der Waals surface area contributed by atoms with Gasteiger partial charge in [0.2, 0.25) is 17.7 Å². The van der Waals surface area contributed by atoms with Crippen LogP contribution in [0.15, 0.2) is 60.2 Å². The Morgan fingerprint density at radius 2 is 1.83 bits per heavy atom. The zero-order valence-electron chi connectivity index (χ0n) is 17.1. The van der Waals surface area contributed by atoms with Crippen molar-refractivity contribution in [3.63, 3.8) is 0 Å². The number of rotatable bonds is 12. The van der Waals surface area contributed by atoms with Gasteiger partial charge in [-0.15, -0.1) is 23.4 Å². The third-order valence-electron chi connectivity index (χ3n) is 5.02. The molecule has 0 atom stereocenters. The molecule has 0 fully saturated rings. The van der Waals surface area contributed by atoms with Crippen LogP contribution in [0.2, 0.25) is 0 Å². The highest BCUT2D eigenvalue weighted by Gasteiger charge is 2.24. The molecule has 1 amide bonds. The molecule has 2 aromatic heterocycles. The minimum absolute atomic E-state index is 0.142. The quantitative estimate of drug-likeness (QED) is 0.399. The van der Waals surface area contributed by atoms with Crippen molar-refractivity contribution >= 4 is 16.8 Å². The number of aryl methyl sites for hydroxylation is 3. The van der Waals surface area contributed by atoms with Crippen molar-refractivity contribution in [3.05, 3.63) is 73.1 Å². The average Bonchev–Trinajstić information content (AvgIpc) is 3.36. The van der Waals surface area contributed by atoms with E-state index in [2.05, 4.69) is 39.7 Å². The molecule has 0 aliphatic carbocycles. The Hall–Kier alpha value is -3.19. The second-order valence-electron chi connectivity index (χ2n) is 7.44. The highest BCUT2D eigenvalue weighted by Crippen LogP contribution is 2.19. The number of carbonyl (C=O) groups is 1. The van der Waals surface area contributed by atoms with Crippen molar-refractivity contribution in [2.24, 2.45) is 0 Å². The van der Waals surface area contributed by atoms with E-state index in [0.717, 1.165) is 11.9 Å². The van der Waals surface area contributed by atoms with E-state index in [9.17, 15) is 9.90 Å². The topological polar surface area (TPSA) is 104 Å². The van der Waals surface area contributed by atoms with Crippen LogP contribution >= 0.6 is 0 Å². The smallest absolute Gasteiger partial charge is 0.220 e. The minimum Gasteiger partial charge on any atom is -0.425 e. The summed E-state index contributed by atoms with van der Waals surface area (Å²) in [5.41, 5.74) is 1.26. The number of para-hydroxylation sites is 1. The summed E-state index contributed by atoms with van der Waals surface area (Å²) >= 11 is 0. The van der Waals surface area contributed by atoms with Gasteiger partial charge < -0.3 is 19.8 Å². The molecular formula is C23H28N4O3. The predicted molar refractivity (Wildman–Crippen MR) is 116 cm³/mol. The van der Waals surface area contributed by atoms with Crippen LogP contribution < -0.4 is 5.32 Å². The summed E-state index contributed by atoms with van der Waals surface area (Å²) in [5, 5.41) is 22.5. The minimum atomic E-state index is -1.06. The summed E-state index contributed by atoms with van der Waals surface area (Å²) in [7, 11) is 0. The summed E-state index contributed by atoms with van der Waals surface area (Å²) in [6, 6.07) is 8.15. The molecule has 7 nitrogen and oxygen atoms in total. The highest BCUT2D eigenvalue weighted by molar-refractivity contribution is 5.83. The van der Waals surface area contributed by atoms with Crippen molar-refractivity contribution in [1.29, 1.82) is 0 Å². The third kappa shape index (κ3) is 5.67. The van der Waals surface area contributed by atoms with E-state index >= 15 is 0 Å². The fraction of sp³-hybridized carbons (Fsp3) is 0.348. The maximum Gasteiger partial charge on any atom is 0.220 e. The number of aromatic nitrogens is 3. The fourth-order valence-electron chi connectivity index (χ4n) is 3.41. The van der Waals surface area contributed by atoms with Crippen LogP contribution in [-0.4, -0.2) is 38.3 Å². The molecule has 1 aromatic carbocycles. The van der Waals surface area contributed by atoms with E-state index in [-0.39, 0.29) is 18.9 Å². The van der Waals surface area contributed by atoms with Gasteiger partial charge >= 0.3 is 0 Å². The number of hydrogen-bond acceptors (Lipinski definition) is 5. The largest absolute Gasteiger partial charge is 0.425 e. The van der Waals surface area contributed by atoms with Gasteiger partial charge in [0, 0.05) is 42.9 Å². The van der Waals surface area contributed by atoms with Crippen LogP contribution in [0.3, 0.4) is 0 Å². The van der Waals surface area contributed by atoms with Gasteiger partial charge in [0.15, 0.2) is 0 Å². The first kappa shape index (κ1) is 21.5. The Kier molecular flexibility index (Phi) is 7.19. The van der Waals surface area contributed by atoms with E-state index in [0.29, 0.717) is 37.5 Å². The van der Waals surface area contributed by atoms with Crippen LogP contribution in [0.1, 0.15) is 36.6 Å². The number of nitrogens with zero attached hydrogens (tertiary/aromatic N) is 2. The standard InChI is InChI=1S/C23H28N4O3/c1-3-13-23(29,14-4-2)16-25-20(28)10-12-22-27-26-21(30-22)11-9-17-15-24-19-8-6-5-7-18(17)19/h3-8,15,24,29H,1-2,9-14,16H2,(H,25,28). The number of aliphatic hydroxyl groups is 1. The number of H-pyrrole nitrogens is 1. The maximum atomic E-state index is 12.1. The number of fused-ring (bicyclic) bond motifs is 1. The summed E-state index contributed by atoms with van der Waals surface area (Å²) in [6.45, 7) is 7.43. The van der Waals surface area contributed by atoms with Crippen LogP contribution in [0.5, 0.6) is 0 Å². The molecule has 2 heterocycles. The number of aromatic amines is 1. The molecule has 0 saturated carbocycles. The first-order valence-electron chi connectivity index (χ1n) is 10.1. The number of carbonyl (C=O) groups excluding carboxylic acids is 1. The Morgan fingerprint density at radius 1 is 1.13 bits per heavy atom. The fourth-order valence-corrected chi connectivity index (χ4v) is 3.41. The van der Waals surface area contributed by atoms with Crippen molar-refractivity contribution in [3.8, 4) is 0 Å². The lowest BCUT2D eigenvalue weighted by atomic mass is 9.95. The Labute approximate surface area is 175 Å². The summed E-state index contributed by atoms with van der Waals surface area (Å²) in [6.07, 6.45) is 8.01. The molecule has 0 radical (unpaired) electrons. The molecule has 3 aromatic rings. The first-order chi connectivity index (χ1) is 14.5. The average molecular weight is 409 g/mol. The lowest BCUT2D eigenvalue weighted by molar-refractivity contribution is -0.122. The molecule has 30 heavy (non-hydrogen) atoms. The van der Waals surface area contributed by atoms with E-state index in [1.54, 1.807) is 12.2 Å². The van der Waals surface area contributed by atoms with E-state index < -0.39 is 5.60 Å². The predicted octanol–water partition coefficient (Wildman–Crippen LogP) is 3.27. The maximum absolute atomic E-state index is 12.1. The monoisotopic (exact) mass is 408 g/mol. The Morgan fingerprint density at radius 3 is 2.57 bits per heavy atom. The molecule has 0 unspecified atom stereocenters. The Bertz CT molecular complexity index is 995. The van der Waals surface area contributed by atoms with Gasteiger partial charge in [0.25, 0.3) is 0 Å². The summed E-state index contributed by atoms with van der Waals surface area (Å²) in [4.78, 5) is 15.4. The molecule has 0 bridgehead atoms. The lowest BCUT2D eigenvalue weighted by Crippen LogP contribution is -2.42. The van der Waals surface area contributed by atoms with Crippen LogP contribution in [0.25, 0.3) is 10.9 Å². The van der Waals surface area contributed by atoms with Crippen LogP contribution in [0, 0.1) is 0 Å². The second-order valence-corrected chi connectivity index (χ2v) is 7.44. The van der Waals surface area contributed by atoms with Gasteiger partial charge in [0.05, 0.1) is 5.60 Å². The second kappa shape index (κ2) is 10.0. The normalized spacial score (nSPS) is 11.5. The van der Waals surface area contributed by atoms with Crippen molar-refractivity contribution < 1.29 is 14.3 Å². The van der Waals surface area contributed by atoms with E-state index in [1.165, 1.54) is 10.9 Å². The van der Waals surface area contributed by atoms with Crippen molar-refractivity contribution in [2.45, 2.75) is 44.1 Å². The van der Waals surface area contributed by atoms with Gasteiger partial charge in [-0.25, -0.2) is 0 Å². The molecule has 3 N–H and O–H groups in total. The SMILES string of the molecule is C=CCC(O)(CC=C)CNC(=O)CCc1nnc(CCc2c[nH]c3ccccc23)o1. The van der Waals surface area contributed by atoms with E-state index in [1.807, 2.05) is 24.4 Å². The third-order valence-corrected chi connectivity index (χ3v) is 5.02. The van der Waals surface area contributed by atoms with Gasteiger partial charge in [-0.2, -0.15) is 0 Å². The van der Waals surface area contributed by atoms with Crippen molar-refractivity contribution in [2.75, 3.05) is 6.54 Å². The Balaban J connectivity index is 1.45. The van der Waals surface area contributed by atoms with Gasteiger partial charge in [0.1, 0.15) is 0 Å². The number of amides is 1. The molecule has 0 aliphatic rings. The van der Waals surface area contributed by atoms with E-state index in [4.69, 9.17) is 4.42 Å². The highest BCUT2D eigenvalue weighted by atomic mass is 16.4. The van der Waals surface area contributed by atoms with Gasteiger partial charge in [-0.1, -0.05) is 30.4 Å². The lowest BCUT2D eigenvalue weighted by Gasteiger charge is -2.25. The number of benzene rings is 1. The van der Waals surface area contributed by atoms with Gasteiger partial charge in [-0.3, -0.25) is 4.79 Å². The van der Waals surface area contributed by atoms with Crippen LogP contribution in [-0.2, 0) is 24.1 Å². The molecule has 3 rings (SSSR count). The zero-order chi connectivity index (χ0) is 21.4. The van der Waals surface area contributed by atoms with Gasteiger partial charge in [-0.05, 0) is 30.9 Å². The molecule has 0 saturated heterocycles. The van der Waals surface area contributed by atoms with Crippen molar-refractivity contribution in [1.82, 2.24) is 20.5 Å². The summed E-state index contributed by atoms with van der Waals surface area (Å²) < 4.78 is 5.68. The number of hydrogen-bond donors (Lipinski definition) is 3. The molecule has 0 aliphatic heterocycles. The molecular weight excluding hydrogens is 380 g/mol. The molecule has 7 heteroatoms. The first-order valence-corrected chi connectivity index (χ1v) is 10.1. The number of nitrogens with one attached hydrogen (secondary N) is 2. The summed E-state index contributed by atoms with van der Waals surface area (Å²) in [5.74, 6) is 0.814. The zero-order valence-corrected chi connectivity index (χ0v) is 17.1. The molecule has 0 spiro atoms.